The Morgan fingerprint density at radius 3 is 2.89 bits per heavy atom. The zero-order valence-electron chi connectivity index (χ0n) is 9.65. The Balaban J connectivity index is 2.08. The van der Waals surface area contributed by atoms with Gasteiger partial charge >= 0.3 is 0 Å². The summed E-state index contributed by atoms with van der Waals surface area (Å²) in [7, 11) is 1.89. The van der Waals surface area contributed by atoms with Gasteiger partial charge in [-0.2, -0.15) is 0 Å². The van der Waals surface area contributed by atoms with E-state index in [1.807, 2.05) is 29.9 Å². The standard InChI is InChI=1S/C12H11Br2N3O/c1-17-5-4-15-11(17)7-16-12(18)9-6-8(13)2-3-10(9)14/h2-6H,7H2,1H3,(H,16,18). The molecule has 2 rings (SSSR count). The minimum atomic E-state index is -0.133. The molecule has 1 heterocycles. The average molecular weight is 373 g/mol. The van der Waals surface area contributed by atoms with Gasteiger partial charge in [0.25, 0.3) is 5.91 Å². The third-order valence-corrected chi connectivity index (χ3v) is 3.69. The van der Waals surface area contributed by atoms with E-state index in [9.17, 15) is 4.79 Å². The van der Waals surface area contributed by atoms with Crippen molar-refractivity contribution < 1.29 is 4.79 Å². The fraction of sp³-hybridized carbons (Fsp3) is 0.167. The van der Waals surface area contributed by atoms with Crippen molar-refractivity contribution in [3.05, 3.63) is 50.9 Å². The van der Waals surface area contributed by atoms with Crippen molar-refractivity contribution in [2.75, 3.05) is 0 Å². The van der Waals surface area contributed by atoms with Crippen LogP contribution in [0.3, 0.4) is 0 Å². The van der Waals surface area contributed by atoms with Crippen molar-refractivity contribution in [1.82, 2.24) is 14.9 Å². The van der Waals surface area contributed by atoms with Gasteiger partial charge in [-0.15, -0.1) is 0 Å². The summed E-state index contributed by atoms with van der Waals surface area (Å²) in [4.78, 5) is 16.2. The number of amides is 1. The normalized spacial score (nSPS) is 10.4. The predicted octanol–water partition coefficient (Wildman–Crippen LogP) is 2.88. The summed E-state index contributed by atoms with van der Waals surface area (Å²) >= 11 is 6.71. The summed E-state index contributed by atoms with van der Waals surface area (Å²) in [5, 5.41) is 2.84. The van der Waals surface area contributed by atoms with Gasteiger partial charge in [-0.3, -0.25) is 4.79 Å². The van der Waals surface area contributed by atoms with Crippen LogP contribution < -0.4 is 5.32 Å². The van der Waals surface area contributed by atoms with E-state index in [0.29, 0.717) is 12.1 Å². The van der Waals surface area contributed by atoms with E-state index in [2.05, 4.69) is 42.2 Å². The maximum atomic E-state index is 12.0. The number of aryl methyl sites for hydroxylation is 1. The summed E-state index contributed by atoms with van der Waals surface area (Å²) in [6, 6.07) is 5.48. The maximum absolute atomic E-state index is 12.0. The average Bonchev–Trinajstić information content (AvgIpc) is 2.75. The summed E-state index contributed by atoms with van der Waals surface area (Å²) in [6.45, 7) is 0.404. The van der Waals surface area contributed by atoms with Crippen LogP contribution in [0.5, 0.6) is 0 Å². The minimum Gasteiger partial charge on any atom is -0.345 e. The molecule has 0 saturated carbocycles. The number of hydrogen-bond donors (Lipinski definition) is 1. The molecule has 6 heteroatoms. The highest BCUT2D eigenvalue weighted by molar-refractivity contribution is 9.11. The largest absolute Gasteiger partial charge is 0.345 e. The van der Waals surface area contributed by atoms with Crippen molar-refractivity contribution in [2.45, 2.75) is 6.54 Å². The minimum absolute atomic E-state index is 0.133. The summed E-state index contributed by atoms with van der Waals surface area (Å²) in [6.07, 6.45) is 3.55. The second-order valence-corrected chi connectivity index (χ2v) is 5.53. The van der Waals surface area contributed by atoms with Crippen LogP contribution in [-0.4, -0.2) is 15.5 Å². The molecule has 1 aromatic carbocycles. The third kappa shape index (κ3) is 3.00. The maximum Gasteiger partial charge on any atom is 0.252 e. The van der Waals surface area contributed by atoms with E-state index in [0.717, 1.165) is 14.8 Å². The molecule has 1 N–H and O–H groups in total. The Morgan fingerprint density at radius 1 is 1.44 bits per heavy atom. The number of benzene rings is 1. The van der Waals surface area contributed by atoms with Crippen LogP contribution in [0.25, 0.3) is 0 Å². The second kappa shape index (κ2) is 5.67. The number of rotatable bonds is 3. The number of nitrogens with zero attached hydrogens (tertiary/aromatic N) is 2. The molecule has 0 fully saturated rings. The molecule has 0 aliphatic rings. The van der Waals surface area contributed by atoms with Gasteiger partial charge in [-0.25, -0.2) is 4.98 Å². The highest BCUT2D eigenvalue weighted by Crippen LogP contribution is 2.21. The molecule has 0 saturated heterocycles. The quantitative estimate of drug-likeness (QED) is 0.900. The van der Waals surface area contributed by atoms with Crippen molar-refractivity contribution in [1.29, 1.82) is 0 Å². The first-order chi connectivity index (χ1) is 8.58. The zero-order valence-corrected chi connectivity index (χ0v) is 12.8. The highest BCUT2D eigenvalue weighted by Gasteiger charge is 2.11. The van der Waals surface area contributed by atoms with Crippen molar-refractivity contribution in [3.8, 4) is 0 Å². The number of aromatic nitrogens is 2. The first kappa shape index (κ1) is 13.3. The Bertz CT molecular complexity index is 580. The van der Waals surface area contributed by atoms with Gasteiger partial charge in [0, 0.05) is 28.4 Å². The van der Waals surface area contributed by atoms with Gasteiger partial charge in [-0.1, -0.05) is 15.9 Å². The van der Waals surface area contributed by atoms with Gasteiger partial charge in [-0.05, 0) is 34.1 Å². The molecule has 0 unspecified atom stereocenters. The number of halogens is 2. The van der Waals surface area contributed by atoms with Crippen LogP contribution in [0.4, 0.5) is 0 Å². The van der Waals surface area contributed by atoms with E-state index in [1.165, 1.54) is 0 Å². The fourth-order valence-electron chi connectivity index (χ4n) is 1.49. The number of imidazole rings is 1. The van der Waals surface area contributed by atoms with Gasteiger partial charge in [0.05, 0.1) is 12.1 Å². The van der Waals surface area contributed by atoms with Crippen LogP contribution in [0.15, 0.2) is 39.5 Å². The van der Waals surface area contributed by atoms with Gasteiger partial charge in [0.2, 0.25) is 0 Å². The number of carbonyl (C=O) groups is 1. The van der Waals surface area contributed by atoms with E-state index < -0.39 is 0 Å². The van der Waals surface area contributed by atoms with Crippen LogP contribution in [-0.2, 0) is 13.6 Å². The molecule has 0 aliphatic carbocycles. The number of nitrogens with one attached hydrogen (secondary N) is 1. The lowest BCUT2D eigenvalue weighted by Gasteiger charge is -2.07. The molecule has 18 heavy (non-hydrogen) atoms. The van der Waals surface area contributed by atoms with E-state index in [1.54, 1.807) is 12.3 Å². The predicted molar refractivity (Wildman–Crippen MR) is 76.2 cm³/mol. The SMILES string of the molecule is Cn1ccnc1CNC(=O)c1cc(Br)ccc1Br. The summed E-state index contributed by atoms with van der Waals surface area (Å²) in [5.74, 6) is 0.681. The molecule has 1 aromatic heterocycles. The lowest BCUT2D eigenvalue weighted by atomic mass is 10.2. The molecule has 1 amide bonds. The topological polar surface area (TPSA) is 46.9 Å². The first-order valence-electron chi connectivity index (χ1n) is 5.27. The number of hydrogen-bond acceptors (Lipinski definition) is 2. The van der Waals surface area contributed by atoms with Crippen molar-refractivity contribution >= 4 is 37.8 Å². The van der Waals surface area contributed by atoms with E-state index in [-0.39, 0.29) is 5.91 Å². The monoisotopic (exact) mass is 371 g/mol. The van der Waals surface area contributed by atoms with Crippen LogP contribution in [0.2, 0.25) is 0 Å². The summed E-state index contributed by atoms with van der Waals surface area (Å²) < 4.78 is 3.51. The molecule has 0 bridgehead atoms. The molecule has 0 aliphatic heterocycles. The molecule has 0 radical (unpaired) electrons. The van der Waals surface area contributed by atoms with Gasteiger partial charge < -0.3 is 9.88 Å². The van der Waals surface area contributed by atoms with Gasteiger partial charge in [0.15, 0.2) is 0 Å². The van der Waals surface area contributed by atoms with Crippen molar-refractivity contribution in [2.24, 2.45) is 7.05 Å². The van der Waals surface area contributed by atoms with Crippen LogP contribution in [0, 0.1) is 0 Å². The van der Waals surface area contributed by atoms with E-state index >= 15 is 0 Å². The summed E-state index contributed by atoms with van der Waals surface area (Å²) in [5.41, 5.74) is 0.596. The van der Waals surface area contributed by atoms with Crippen LogP contribution in [0.1, 0.15) is 16.2 Å². The Morgan fingerprint density at radius 2 is 2.22 bits per heavy atom. The molecule has 94 valence electrons. The zero-order chi connectivity index (χ0) is 13.1. The fourth-order valence-corrected chi connectivity index (χ4v) is 2.28. The Hall–Kier alpha value is -1.14. The molecule has 0 atom stereocenters. The smallest absolute Gasteiger partial charge is 0.252 e. The molecule has 4 nitrogen and oxygen atoms in total. The third-order valence-electron chi connectivity index (χ3n) is 2.50. The Labute approximate surface area is 122 Å². The molecule has 2 aromatic rings. The van der Waals surface area contributed by atoms with Gasteiger partial charge in [0.1, 0.15) is 5.82 Å². The van der Waals surface area contributed by atoms with Crippen LogP contribution >= 0.6 is 31.9 Å². The highest BCUT2D eigenvalue weighted by atomic mass is 79.9. The molecular formula is C12H11Br2N3O. The van der Waals surface area contributed by atoms with Crippen molar-refractivity contribution in [3.63, 3.8) is 0 Å². The van der Waals surface area contributed by atoms with E-state index in [4.69, 9.17) is 0 Å². The molecular weight excluding hydrogens is 362 g/mol. The lowest BCUT2D eigenvalue weighted by molar-refractivity contribution is 0.0949. The Kier molecular flexibility index (Phi) is 4.19. The molecule has 0 spiro atoms. The first-order valence-corrected chi connectivity index (χ1v) is 6.86. The second-order valence-electron chi connectivity index (χ2n) is 3.76. The lowest BCUT2D eigenvalue weighted by Crippen LogP contribution is -2.24. The number of carbonyl (C=O) groups excluding carboxylic acids is 1.